The van der Waals surface area contributed by atoms with Gasteiger partial charge >= 0.3 is 0 Å². The normalized spacial score (nSPS) is 18.4. The predicted molar refractivity (Wildman–Crippen MR) is 59.2 cm³/mol. The summed E-state index contributed by atoms with van der Waals surface area (Å²) in [4.78, 5) is 11.0. The lowest BCUT2D eigenvalue weighted by atomic mass is 10.1. The average molecular weight is 242 g/mol. The molecule has 1 aliphatic rings. The number of rotatable bonds is 2. The molecular weight excluding hydrogens is 228 g/mol. The third-order valence-electron chi connectivity index (χ3n) is 2.75. The second-order valence-electron chi connectivity index (χ2n) is 4.31. The van der Waals surface area contributed by atoms with E-state index in [1.807, 2.05) is 13.8 Å². The highest BCUT2D eigenvalue weighted by Crippen LogP contribution is 2.24. The molecule has 88 valence electrons. The molecule has 0 aromatic carbocycles. The van der Waals surface area contributed by atoms with Crippen LogP contribution in [0.4, 0.5) is 0 Å². The summed E-state index contributed by atoms with van der Waals surface area (Å²) in [5.74, 6) is 0.0799. The Morgan fingerprint density at radius 1 is 1.44 bits per heavy atom. The lowest BCUT2D eigenvalue weighted by Gasteiger charge is -2.10. The zero-order chi connectivity index (χ0) is 11.9. The molecule has 16 heavy (non-hydrogen) atoms. The van der Waals surface area contributed by atoms with Crippen molar-refractivity contribution in [2.24, 2.45) is 0 Å². The second kappa shape index (κ2) is 3.69. The van der Waals surface area contributed by atoms with E-state index in [0.717, 1.165) is 5.69 Å². The van der Waals surface area contributed by atoms with Crippen molar-refractivity contribution < 1.29 is 13.2 Å². The van der Waals surface area contributed by atoms with Crippen molar-refractivity contribution in [1.82, 2.24) is 9.78 Å². The van der Waals surface area contributed by atoms with E-state index in [2.05, 4.69) is 5.10 Å². The van der Waals surface area contributed by atoms with Crippen LogP contribution >= 0.6 is 0 Å². The number of aldehydes is 1. The maximum Gasteiger partial charge on any atom is 0.168 e. The molecule has 1 aliphatic heterocycles. The van der Waals surface area contributed by atoms with Gasteiger partial charge < -0.3 is 0 Å². The van der Waals surface area contributed by atoms with Crippen LogP contribution in [0.1, 0.15) is 41.6 Å². The first-order chi connectivity index (χ1) is 7.44. The van der Waals surface area contributed by atoms with Gasteiger partial charge in [-0.1, -0.05) is 0 Å². The van der Waals surface area contributed by atoms with E-state index in [1.54, 1.807) is 4.68 Å². The first-order valence-electron chi connectivity index (χ1n) is 5.20. The minimum atomic E-state index is -3.05. The van der Waals surface area contributed by atoms with Crippen LogP contribution < -0.4 is 0 Å². The number of carbonyl (C=O) groups is 1. The van der Waals surface area contributed by atoms with Gasteiger partial charge in [0.1, 0.15) is 5.69 Å². The predicted octanol–water partition coefficient (Wildman–Crippen LogP) is 0.747. The van der Waals surface area contributed by atoms with Crippen LogP contribution in [0.5, 0.6) is 0 Å². The van der Waals surface area contributed by atoms with Gasteiger partial charge in [-0.05, 0) is 13.8 Å². The lowest BCUT2D eigenvalue weighted by Crippen LogP contribution is -2.18. The lowest BCUT2D eigenvalue weighted by molar-refractivity contribution is 0.111. The molecule has 0 saturated carbocycles. The Bertz CT molecular complexity index is 529. The van der Waals surface area contributed by atoms with E-state index in [9.17, 15) is 13.2 Å². The third kappa shape index (κ3) is 1.77. The number of sulfone groups is 1. The minimum absolute atomic E-state index is 0.0525. The second-order valence-corrected chi connectivity index (χ2v) is 6.49. The number of carbonyl (C=O) groups excluding carboxylic acids is 1. The average Bonchev–Trinajstić information content (AvgIpc) is 2.53. The standard InChI is InChI=1S/C10H14N2O3S/c1-7(2)12-10(5-13)8-6-16(14,15)4-3-9(8)11-12/h5,7H,3-4,6H2,1-2H3. The molecule has 0 unspecified atom stereocenters. The maximum absolute atomic E-state index is 11.5. The summed E-state index contributed by atoms with van der Waals surface area (Å²) >= 11 is 0. The molecule has 0 bridgehead atoms. The summed E-state index contributed by atoms with van der Waals surface area (Å²) in [5, 5.41) is 4.31. The van der Waals surface area contributed by atoms with E-state index in [1.165, 1.54) is 0 Å². The Balaban J connectivity index is 2.58. The van der Waals surface area contributed by atoms with Crippen LogP contribution in [0.3, 0.4) is 0 Å². The Morgan fingerprint density at radius 3 is 2.69 bits per heavy atom. The number of hydrogen-bond donors (Lipinski definition) is 0. The summed E-state index contributed by atoms with van der Waals surface area (Å²) in [6.07, 6.45) is 1.12. The molecule has 0 atom stereocenters. The van der Waals surface area contributed by atoms with Crippen molar-refractivity contribution in [3.8, 4) is 0 Å². The van der Waals surface area contributed by atoms with Gasteiger partial charge in [0.05, 0.1) is 17.2 Å². The minimum Gasteiger partial charge on any atom is -0.296 e. The first-order valence-corrected chi connectivity index (χ1v) is 7.02. The zero-order valence-electron chi connectivity index (χ0n) is 9.30. The molecule has 0 N–H and O–H groups in total. The van der Waals surface area contributed by atoms with Crippen LogP contribution in [0.2, 0.25) is 0 Å². The van der Waals surface area contributed by atoms with Crippen molar-refractivity contribution in [3.05, 3.63) is 17.0 Å². The molecule has 0 amide bonds. The van der Waals surface area contributed by atoms with Crippen LogP contribution in [0, 0.1) is 0 Å². The van der Waals surface area contributed by atoms with Crippen molar-refractivity contribution in [3.63, 3.8) is 0 Å². The molecule has 6 heteroatoms. The summed E-state index contributed by atoms with van der Waals surface area (Å²) < 4.78 is 24.6. The monoisotopic (exact) mass is 242 g/mol. The molecule has 0 aliphatic carbocycles. The number of hydrogen-bond acceptors (Lipinski definition) is 4. The Kier molecular flexibility index (Phi) is 2.61. The van der Waals surface area contributed by atoms with Gasteiger partial charge in [0.25, 0.3) is 0 Å². The van der Waals surface area contributed by atoms with E-state index in [0.29, 0.717) is 24.0 Å². The largest absolute Gasteiger partial charge is 0.296 e. The van der Waals surface area contributed by atoms with Gasteiger partial charge in [-0.2, -0.15) is 5.10 Å². The Hall–Kier alpha value is -1.17. The molecule has 2 heterocycles. The molecule has 2 rings (SSSR count). The molecule has 0 saturated heterocycles. The van der Waals surface area contributed by atoms with Gasteiger partial charge in [-0.15, -0.1) is 0 Å². The summed E-state index contributed by atoms with van der Waals surface area (Å²) in [6, 6.07) is 0.0634. The van der Waals surface area contributed by atoms with Crippen molar-refractivity contribution in [2.45, 2.75) is 32.1 Å². The first kappa shape index (κ1) is 11.3. The molecule has 0 spiro atoms. The topological polar surface area (TPSA) is 69.0 Å². The van der Waals surface area contributed by atoms with Crippen LogP contribution in [0.15, 0.2) is 0 Å². The number of nitrogens with zero attached hydrogens (tertiary/aromatic N) is 2. The third-order valence-corrected chi connectivity index (χ3v) is 4.30. The zero-order valence-corrected chi connectivity index (χ0v) is 10.1. The summed E-state index contributed by atoms with van der Waals surface area (Å²) in [5.41, 5.74) is 1.76. The number of aryl methyl sites for hydroxylation is 1. The molecular formula is C10H14N2O3S. The van der Waals surface area contributed by atoms with Crippen LogP contribution in [-0.4, -0.2) is 30.2 Å². The number of fused-ring (bicyclic) bond motifs is 1. The SMILES string of the molecule is CC(C)n1nc2c(c1C=O)CS(=O)(=O)CC2. The van der Waals surface area contributed by atoms with Gasteiger partial charge in [-0.25, -0.2) is 8.42 Å². The fourth-order valence-electron chi connectivity index (χ4n) is 1.95. The Morgan fingerprint density at radius 2 is 2.12 bits per heavy atom. The van der Waals surface area contributed by atoms with Crippen molar-refractivity contribution in [2.75, 3.05) is 5.75 Å². The fraction of sp³-hybridized carbons (Fsp3) is 0.600. The number of aromatic nitrogens is 2. The van der Waals surface area contributed by atoms with E-state index in [4.69, 9.17) is 0 Å². The van der Waals surface area contributed by atoms with E-state index >= 15 is 0 Å². The molecule has 1 aromatic rings. The highest BCUT2D eigenvalue weighted by Gasteiger charge is 2.28. The Labute approximate surface area is 94.4 Å². The van der Waals surface area contributed by atoms with E-state index < -0.39 is 9.84 Å². The smallest absolute Gasteiger partial charge is 0.168 e. The molecule has 0 radical (unpaired) electrons. The fourth-order valence-corrected chi connectivity index (χ4v) is 3.35. The quantitative estimate of drug-likeness (QED) is 0.717. The van der Waals surface area contributed by atoms with Gasteiger partial charge in [0.2, 0.25) is 0 Å². The van der Waals surface area contributed by atoms with Gasteiger partial charge in [-0.3, -0.25) is 9.48 Å². The van der Waals surface area contributed by atoms with E-state index in [-0.39, 0.29) is 17.5 Å². The highest BCUT2D eigenvalue weighted by atomic mass is 32.2. The summed E-state index contributed by atoms with van der Waals surface area (Å²) in [6.45, 7) is 3.83. The highest BCUT2D eigenvalue weighted by molar-refractivity contribution is 7.90. The van der Waals surface area contributed by atoms with Gasteiger partial charge in [0, 0.05) is 18.0 Å². The molecule has 0 fully saturated rings. The van der Waals surface area contributed by atoms with Crippen LogP contribution in [-0.2, 0) is 22.0 Å². The van der Waals surface area contributed by atoms with Gasteiger partial charge in [0.15, 0.2) is 16.1 Å². The van der Waals surface area contributed by atoms with Crippen LogP contribution in [0.25, 0.3) is 0 Å². The summed E-state index contributed by atoms with van der Waals surface area (Å²) in [7, 11) is -3.05. The molecule has 5 nitrogen and oxygen atoms in total. The van der Waals surface area contributed by atoms with Crippen molar-refractivity contribution >= 4 is 16.1 Å². The van der Waals surface area contributed by atoms with Crippen molar-refractivity contribution in [1.29, 1.82) is 0 Å². The molecule has 1 aromatic heterocycles. The maximum atomic E-state index is 11.5.